The van der Waals surface area contributed by atoms with Crippen LogP contribution in [-0.2, 0) is 0 Å². The molecule has 3 unspecified atom stereocenters. The molecule has 0 radical (unpaired) electrons. The summed E-state index contributed by atoms with van der Waals surface area (Å²) >= 11 is 0. The van der Waals surface area contributed by atoms with Gasteiger partial charge < -0.3 is 10.4 Å². The Morgan fingerprint density at radius 3 is 2.57 bits per heavy atom. The molecule has 2 aliphatic carbocycles. The van der Waals surface area contributed by atoms with Gasteiger partial charge in [0.2, 0.25) is 0 Å². The molecule has 2 heteroatoms. The van der Waals surface area contributed by atoms with Gasteiger partial charge in [-0.3, -0.25) is 0 Å². The molecule has 0 amide bonds. The summed E-state index contributed by atoms with van der Waals surface area (Å²) in [7, 11) is 0. The Morgan fingerprint density at radius 1 is 1.29 bits per heavy atom. The third-order valence-electron chi connectivity index (χ3n) is 4.12. The van der Waals surface area contributed by atoms with Gasteiger partial charge in [-0.15, -0.1) is 0 Å². The summed E-state index contributed by atoms with van der Waals surface area (Å²) in [5, 5.41) is 12.6. The first-order valence-electron chi connectivity index (χ1n) is 5.96. The van der Waals surface area contributed by atoms with Crippen molar-refractivity contribution in [3.63, 3.8) is 0 Å². The summed E-state index contributed by atoms with van der Waals surface area (Å²) in [6, 6.07) is 0. The molecule has 0 aliphatic heterocycles. The summed E-state index contributed by atoms with van der Waals surface area (Å²) in [4.78, 5) is 0. The first kappa shape index (κ1) is 10.4. The van der Waals surface area contributed by atoms with Crippen LogP contribution in [0.15, 0.2) is 0 Å². The van der Waals surface area contributed by atoms with Crippen LogP contribution in [0.4, 0.5) is 0 Å². The molecule has 0 heterocycles. The third-order valence-corrected chi connectivity index (χ3v) is 4.12. The molecule has 2 aliphatic rings. The van der Waals surface area contributed by atoms with Crippen molar-refractivity contribution >= 4 is 0 Å². The van der Waals surface area contributed by atoms with Gasteiger partial charge in [0.25, 0.3) is 0 Å². The standard InChI is InChI=1S/C12H23NO/c1-12(2,8-14)13-7-11-6-9-3-4-10(11)5-9/h9-11,13-14H,3-8H2,1-2H3. The maximum Gasteiger partial charge on any atom is 0.0607 e. The van der Waals surface area contributed by atoms with E-state index >= 15 is 0 Å². The van der Waals surface area contributed by atoms with E-state index in [1.165, 1.54) is 25.7 Å². The van der Waals surface area contributed by atoms with E-state index in [1.807, 2.05) is 0 Å². The van der Waals surface area contributed by atoms with Crippen LogP contribution in [0.5, 0.6) is 0 Å². The van der Waals surface area contributed by atoms with E-state index in [4.69, 9.17) is 5.11 Å². The number of aliphatic hydroxyl groups is 1. The molecule has 0 aromatic carbocycles. The van der Waals surface area contributed by atoms with Crippen molar-refractivity contribution in [3.8, 4) is 0 Å². The van der Waals surface area contributed by atoms with Crippen molar-refractivity contribution in [1.29, 1.82) is 0 Å². The molecule has 2 saturated carbocycles. The molecular formula is C12H23NO. The van der Waals surface area contributed by atoms with Crippen LogP contribution in [0.2, 0.25) is 0 Å². The fraction of sp³-hybridized carbons (Fsp3) is 1.00. The molecule has 0 aromatic heterocycles. The molecule has 2 rings (SSSR count). The number of hydrogen-bond acceptors (Lipinski definition) is 2. The van der Waals surface area contributed by atoms with Crippen LogP contribution in [0.25, 0.3) is 0 Å². The van der Waals surface area contributed by atoms with Crippen LogP contribution in [0, 0.1) is 17.8 Å². The minimum atomic E-state index is -0.0954. The third kappa shape index (κ3) is 2.12. The number of fused-ring (bicyclic) bond motifs is 2. The summed E-state index contributed by atoms with van der Waals surface area (Å²) in [5.74, 6) is 2.91. The van der Waals surface area contributed by atoms with Gasteiger partial charge >= 0.3 is 0 Å². The van der Waals surface area contributed by atoms with Crippen LogP contribution in [0.1, 0.15) is 39.5 Å². The molecule has 2 fully saturated rings. The maximum atomic E-state index is 9.14. The molecule has 0 aromatic rings. The van der Waals surface area contributed by atoms with Crippen molar-refractivity contribution in [2.45, 2.75) is 45.1 Å². The Labute approximate surface area is 87.1 Å². The SMILES string of the molecule is CC(C)(CO)NCC1CC2CCC1C2. The largest absolute Gasteiger partial charge is 0.394 e. The predicted molar refractivity (Wildman–Crippen MR) is 58.1 cm³/mol. The van der Waals surface area contributed by atoms with Gasteiger partial charge in [0, 0.05) is 5.54 Å². The lowest BCUT2D eigenvalue weighted by Gasteiger charge is -2.29. The first-order valence-corrected chi connectivity index (χ1v) is 5.96. The van der Waals surface area contributed by atoms with E-state index in [-0.39, 0.29) is 12.1 Å². The van der Waals surface area contributed by atoms with Gasteiger partial charge in [-0.25, -0.2) is 0 Å². The summed E-state index contributed by atoms with van der Waals surface area (Å²) in [5.41, 5.74) is -0.0954. The van der Waals surface area contributed by atoms with Crippen LogP contribution in [0.3, 0.4) is 0 Å². The lowest BCUT2D eigenvalue weighted by atomic mass is 9.88. The molecule has 2 N–H and O–H groups in total. The molecule has 0 saturated heterocycles. The highest BCUT2D eigenvalue weighted by molar-refractivity contribution is 4.92. The average molecular weight is 197 g/mol. The highest BCUT2D eigenvalue weighted by Crippen LogP contribution is 2.48. The van der Waals surface area contributed by atoms with E-state index in [2.05, 4.69) is 19.2 Å². The van der Waals surface area contributed by atoms with Crippen molar-refractivity contribution in [2.24, 2.45) is 17.8 Å². The average Bonchev–Trinajstić information content (AvgIpc) is 2.76. The molecule has 14 heavy (non-hydrogen) atoms. The molecular weight excluding hydrogens is 174 g/mol. The number of hydrogen-bond donors (Lipinski definition) is 2. The van der Waals surface area contributed by atoms with Gasteiger partial charge in [-0.2, -0.15) is 0 Å². The highest BCUT2D eigenvalue weighted by atomic mass is 16.3. The maximum absolute atomic E-state index is 9.14. The van der Waals surface area contributed by atoms with Crippen LogP contribution in [-0.4, -0.2) is 23.8 Å². The topological polar surface area (TPSA) is 32.3 Å². The van der Waals surface area contributed by atoms with Crippen LogP contribution >= 0.6 is 0 Å². The van der Waals surface area contributed by atoms with Crippen molar-refractivity contribution < 1.29 is 5.11 Å². The van der Waals surface area contributed by atoms with E-state index in [1.54, 1.807) is 0 Å². The van der Waals surface area contributed by atoms with Crippen molar-refractivity contribution in [2.75, 3.05) is 13.2 Å². The lowest BCUT2D eigenvalue weighted by molar-refractivity contribution is 0.175. The van der Waals surface area contributed by atoms with Gasteiger partial charge in [0.05, 0.1) is 6.61 Å². The molecule has 0 spiro atoms. The zero-order valence-corrected chi connectivity index (χ0v) is 9.42. The zero-order valence-electron chi connectivity index (χ0n) is 9.42. The lowest BCUT2D eigenvalue weighted by Crippen LogP contribution is -2.45. The quantitative estimate of drug-likeness (QED) is 0.720. The van der Waals surface area contributed by atoms with Gasteiger partial charge in [-0.1, -0.05) is 6.42 Å². The van der Waals surface area contributed by atoms with Gasteiger partial charge in [-0.05, 0) is 57.4 Å². The predicted octanol–water partition coefficient (Wildman–Crippen LogP) is 1.78. The van der Waals surface area contributed by atoms with E-state index in [0.717, 1.165) is 24.3 Å². The second-order valence-corrected chi connectivity index (χ2v) is 5.86. The molecule has 3 atom stereocenters. The number of nitrogens with one attached hydrogen (secondary N) is 1. The van der Waals surface area contributed by atoms with E-state index in [9.17, 15) is 0 Å². The fourth-order valence-electron chi connectivity index (χ4n) is 3.09. The zero-order chi connectivity index (χ0) is 10.2. The van der Waals surface area contributed by atoms with Crippen LogP contribution < -0.4 is 5.32 Å². The molecule has 82 valence electrons. The second kappa shape index (κ2) is 3.82. The Morgan fingerprint density at radius 2 is 2.07 bits per heavy atom. The summed E-state index contributed by atoms with van der Waals surface area (Å²) in [6.45, 7) is 5.48. The minimum Gasteiger partial charge on any atom is -0.394 e. The normalized spacial score (nSPS) is 36.6. The monoisotopic (exact) mass is 197 g/mol. The second-order valence-electron chi connectivity index (χ2n) is 5.86. The Bertz CT molecular complexity index is 202. The van der Waals surface area contributed by atoms with Crippen molar-refractivity contribution in [3.05, 3.63) is 0 Å². The van der Waals surface area contributed by atoms with Gasteiger partial charge in [0.15, 0.2) is 0 Å². The fourth-order valence-corrected chi connectivity index (χ4v) is 3.09. The smallest absolute Gasteiger partial charge is 0.0607 e. The highest BCUT2D eigenvalue weighted by Gasteiger charge is 2.39. The van der Waals surface area contributed by atoms with E-state index < -0.39 is 0 Å². The van der Waals surface area contributed by atoms with Crippen molar-refractivity contribution in [1.82, 2.24) is 5.32 Å². The van der Waals surface area contributed by atoms with E-state index in [0.29, 0.717) is 0 Å². The Balaban J connectivity index is 1.77. The molecule has 2 nitrogen and oxygen atoms in total. The Hall–Kier alpha value is -0.0800. The summed E-state index contributed by atoms with van der Waals surface area (Å²) < 4.78 is 0. The number of aliphatic hydroxyl groups excluding tert-OH is 1. The number of rotatable bonds is 4. The first-order chi connectivity index (χ1) is 6.61. The molecule has 2 bridgehead atoms. The Kier molecular flexibility index (Phi) is 2.85. The van der Waals surface area contributed by atoms with Gasteiger partial charge in [0.1, 0.15) is 0 Å². The minimum absolute atomic E-state index is 0.0954. The summed E-state index contributed by atoms with van der Waals surface area (Å²) in [6.07, 6.45) is 5.84.